The van der Waals surface area contributed by atoms with Crippen molar-refractivity contribution in [3.63, 3.8) is 0 Å². The minimum Gasteiger partial charge on any atom is -0.467 e. The average molecular weight is 432 g/mol. The second-order valence-corrected chi connectivity index (χ2v) is 7.15. The number of nitrogens with one attached hydrogen (secondary N) is 1. The van der Waals surface area contributed by atoms with E-state index >= 15 is 0 Å². The number of carbonyl (C=O) groups is 2. The lowest BCUT2D eigenvalue weighted by atomic mass is 10.0. The van der Waals surface area contributed by atoms with Crippen LogP contribution in [0.2, 0.25) is 0 Å². The Labute approximate surface area is 184 Å². The molecule has 1 N–H and O–H groups in total. The largest absolute Gasteiger partial charge is 0.467 e. The third-order valence-electron chi connectivity index (χ3n) is 4.95. The summed E-state index contributed by atoms with van der Waals surface area (Å²) < 4.78 is 24.0. The van der Waals surface area contributed by atoms with E-state index in [1.54, 1.807) is 60.7 Å². The van der Waals surface area contributed by atoms with Crippen molar-refractivity contribution in [2.24, 2.45) is 0 Å². The van der Waals surface area contributed by atoms with Crippen LogP contribution in [0, 0.1) is 5.82 Å². The molecule has 0 saturated heterocycles. The third-order valence-corrected chi connectivity index (χ3v) is 4.95. The zero-order chi connectivity index (χ0) is 22.3. The van der Waals surface area contributed by atoms with Gasteiger partial charge in [0.1, 0.15) is 17.6 Å². The SMILES string of the molecule is O=C(NCc1ccc(F)cc1)[C@@H](c1ccccc1)N(Cc1ccco1)C(=O)c1ccco1. The molecule has 4 rings (SSSR count). The Hall–Kier alpha value is -4.13. The van der Waals surface area contributed by atoms with E-state index in [-0.39, 0.29) is 30.6 Å². The summed E-state index contributed by atoms with van der Waals surface area (Å²) in [6.45, 7) is 0.252. The highest BCUT2D eigenvalue weighted by molar-refractivity contribution is 5.96. The molecule has 0 aliphatic carbocycles. The highest BCUT2D eigenvalue weighted by atomic mass is 19.1. The average Bonchev–Trinajstić information content (AvgIpc) is 3.53. The van der Waals surface area contributed by atoms with Crippen molar-refractivity contribution in [2.45, 2.75) is 19.1 Å². The van der Waals surface area contributed by atoms with Gasteiger partial charge in [0.05, 0.1) is 19.1 Å². The van der Waals surface area contributed by atoms with Crippen molar-refractivity contribution >= 4 is 11.8 Å². The van der Waals surface area contributed by atoms with Gasteiger partial charge in [-0.2, -0.15) is 0 Å². The Morgan fingerprint density at radius 2 is 1.59 bits per heavy atom. The summed E-state index contributed by atoms with van der Waals surface area (Å²) in [7, 11) is 0. The summed E-state index contributed by atoms with van der Waals surface area (Å²) in [4.78, 5) is 28.1. The maximum atomic E-state index is 13.4. The summed E-state index contributed by atoms with van der Waals surface area (Å²) in [5, 5.41) is 2.86. The maximum Gasteiger partial charge on any atom is 0.290 e. The summed E-state index contributed by atoms with van der Waals surface area (Å²) in [6.07, 6.45) is 2.92. The Balaban J connectivity index is 1.66. The van der Waals surface area contributed by atoms with Crippen LogP contribution in [0.15, 0.2) is 100 Å². The highest BCUT2D eigenvalue weighted by Crippen LogP contribution is 2.26. The second-order valence-electron chi connectivity index (χ2n) is 7.15. The van der Waals surface area contributed by atoms with Crippen LogP contribution in [-0.4, -0.2) is 16.7 Å². The fourth-order valence-corrected chi connectivity index (χ4v) is 3.39. The molecular weight excluding hydrogens is 411 g/mol. The number of amides is 2. The molecule has 0 saturated carbocycles. The molecule has 0 spiro atoms. The second kappa shape index (κ2) is 9.78. The molecule has 1 atom stereocenters. The van der Waals surface area contributed by atoms with Crippen LogP contribution < -0.4 is 5.32 Å². The number of hydrogen-bond donors (Lipinski definition) is 1. The van der Waals surface area contributed by atoms with Gasteiger partial charge in [-0.05, 0) is 47.5 Å². The van der Waals surface area contributed by atoms with E-state index in [2.05, 4.69) is 5.32 Å². The van der Waals surface area contributed by atoms with Crippen molar-refractivity contribution in [1.29, 1.82) is 0 Å². The number of furan rings is 2. The predicted molar refractivity (Wildman–Crippen MR) is 115 cm³/mol. The number of hydrogen-bond acceptors (Lipinski definition) is 4. The van der Waals surface area contributed by atoms with E-state index in [4.69, 9.17) is 8.83 Å². The van der Waals surface area contributed by atoms with Crippen LogP contribution in [0.25, 0.3) is 0 Å². The van der Waals surface area contributed by atoms with Crippen molar-refractivity contribution in [1.82, 2.24) is 10.2 Å². The summed E-state index contributed by atoms with van der Waals surface area (Å²) in [5.41, 5.74) is 1.37. The van der Waals surface area contributed by atoms with Gasteiger partial charge in [0.15, 0.2) is 5.76 Å². The Morgan fingerprint density at radius 1 is 0.875 bits per heavy atom. The zero-order valence-electron chi connectivity index (χ0n) is 17.1. The van der Waals surface area contributed by atoms with Gasteiger partial charge < -0.3 is 19.1 Å². The zero-order valence-corrected chi connectivity index (χ0v) is 17.1. The van der Waals surface area contributed by atoms with E-state index in [1.807, 2.05) is 6.07 Å². The van der Waals surface area contributed by atoms with E-state index in [1.165, 1.54) is 29.6 Å². The quantitative estimate of drug-likeness (QED) is 0.438. The first-order chi connectivity index (χ1) is 15.6. The Morgan fingerprint density at radius 3 is 2.25 bits per heavy atom. The fraction of sp³-hybridized carbons (Fsp3) is 0.120. The number of carbonyl (C=O) groups excluding carboxylic acids is 2. The number of rotatable bonds is 8. The van der Waals surface area contributed by atoms with Gasteiger partial charge in [0, 0.05) is 6.54 Å². The van der Waals surface area contributed by atoms with Gasteiger partial charge in [-0.25, -0.2) is 4.39 Å². The van der Waals surface area contributed by atoms with Crippen molar-refractivity contribution in [3.8, 4) is 0 Å². The Bertz CT molecular complexity index is 1140. The van der Waals surface area contributed by atoms with Gasteiger partial charge in [-0.1, -0.05) is 42.5 Å². The topological polar surface area (TPSA) is 75.7 Å². The normalized spacial score (nSPS) is 11.7. The number of nitrogens with zero attached hydrogens (tertiary/aromatic N) is 1. The van der Waals surface area contributed by atoms with Gasteiger partial charge in [0.25, 0.3) is 5.91 Å². The van der Waals surface area contributed by atoms with Crippen LogP contribution >= 0.6 is 0 Å². The molecule has 0 fully saturated rings. The molecule has 2 aromatic heterocycles. The van der Waals surface area contributed by atoms with Gasteiger partial charge in [-0.15, -0.1) is 0 Å². The lowest BCUT2D eigenvalue weighted by Gasteiger charge is -2.30. The van der Waals surface area contributed by atoms with Crippen molar-refractivity contribution in [3.05, 3.63) is 120 Å². The lowest BCUT2D eigenvalue weighted by Crippen LogP contribution is -2.43. The molecule has 2 heterocycles. The smallest absolute Gasteiger partial charge is 0.290 e. The first-order valence-electron chi connectivity index (χ1n) is 10.1. The molecule has 0 aliphatic heterocycles. The first kappa shape index (κ1) is 21.1. The molecule has 6 nitrogen and oxygen atoms in total. The van der Waals surface area contributed by atoms with E-state index in [0.29, 0.717) is 11.3 Å². The predicted octanol–water partition coefficient (Wildman–Crippen LogP) is 4.71. The first-order valence-corrected chi connectivity index (χ1v) is 10.1. The number of halogens is 1. The van der Waals surface area contributed by atoms with E-state index in [9.17, 15) is 14.0 Å². The summed E-state index contributed by atoms with van der Waals surface area (Å²) >= 11 is 0. The van der Waals surface area contributed by atoms with Crippen molar-refractivity contribution in [2.75, 3.05) is 0 Å². The minimum absolute atomic E-state index is 0.0655. The molecule has 0 unspecified atom stereocenters. The molecule has 0 bridgehead atoms. The third kappa shape index (κ3) is 4.95. The summed E-state index contributed by atoms with van der Waals surface area (Å²) in [6, 6.07) is 20.6. The van der Waals surface area contributed by atoms with Crippen LogP contribution in [-0.2, 0) is 17.9 Å². The molecule has 0 radical (unpaired) electrons. The Kier molecular flexibility index (Phi) is 6.46. The van der Waals surface area contributed by atoms with Crippen LogP contribution in [0.4, 0.5) is 4.39 Å². The van der Waals surface area contributed by atoms with E-state index < -0.39 is 11.9 Å². The van der Waals surface area contributed by atoms with Gasteiger partial charge in [-0.3, -0.25) is 9.59 Å². The van der Waals surface area contributed by atoms with Crippen molar-refractivity contribution < 1.29 is 22.8 Å². The number of benzene rings is 2. The molecular formula is C25H21FN2O4. The monoisotopic (exact) mass is 432 g/mol. The van der Waals surface area contributed by atoms with Gasteiger partial charge in [0.2, 0.25) is 5.91 Å². The van der Waals surface area contributed by atoms with Crippen LogP contribution in [0.5, 0.6) is 0 Å². The molecule has 32 heavy (non-hydrogen) atoms. The van der Waals surface area contributed by atoms with Crippen LogP contribution in [0.1, 0.15) is 33.5 Å². The van der Waals surface area contributed by atoms with E-state index in [0.717, 1.165) is 5.56 Å². The summed E-state index contributed by atoms with van der Waals surface area (Å²) in [5.74, 6) is -0.541. The molecule has 2 amide bonds. The molecule has 7 heteroatoms. The molecule has 0 aliphatic rings. The lowest BCUT2D eigenvalue weighted by molar-refractivity contribution is -0.126. The maximum absolute atomic E-state index is 13.4. The minimum atomic E-state index is -0.945. The van der Waals surface area contributed by atoms with Gasteiger partial charge >= 0.3 is 0 Å². The molecule has 2 aromatic carbocycles. The van der Waals surface area contributed by atoms with Crippen LogP contribution in [0.3, 0.4) is 0 Å². The molecule has 4 aromatic rings. The highest BCUT2D eigenvalue weighted by Gasteiger charge is 2.33. The fourth-order valence-electron chi connectivity index (χ4n) is 3.39. The standard InChI is InChI=1S/C25H21FN2O4/c26-20-12-10-18(11-13-20)16-27-24(29)23(19-6-2-1-3-7-19)28(17-21-8-4-14-31-21)25(30)22-9-5-15-32-22/h1-15,23H,16-17H2,(H,27,29)/t23-/m1/s1. The molecule has 162 valence electrons.